The molecule has 0 bridgehead atoms. The minimum Gasteiger partial charge on any atom is -0.791 e. The molecule has 0 N–H and O–H groups in total. The third-order valence-corrected chi connectivity index (χ3v) is 7.90. The van der Waals surface area contributed by atoms with Gasteiger partial charge in [-0.1, -0.05) is 31.6 Å². The largest absolute Gasteiger partial charge is 1.00 e. The Morgan fingerprint density at radius 3 is 2.27 bits per heavy atom. The van der Waals surface area contributed by atoms with Gasteiger partial charge in [0.2, 0.25) is 0 Å². The molecule has 0 fully saturated rings. The Bertz CT molecular complexity index is 142. The molecular formula is C5H12KO2PS2. The smallest absolute Gasteiger partial charge is 0.791 e. The van der Waals surface area contributed by atoms with Crippen LogP contribution in [0.2, 0.25) is 0 Å². The fraction of sp³-hybridized carbons (Fsp3) is 1.00. The molecule has 0 aromatic carbocycles. The van der Waals surface area contributed by atoms with Crippen molar-refractivity contribution in [3.63, 3.8) is 0 Å². The summed E-state index contributed by atoms with van der Waals surface area (Å²) in [6, 6.07) is 0. The van der Waals surface area contributed by atoms with Gasteiger partial charge in [-0.2, -0.15) is 0 Å². The molecule has 0 spiro atoms. The van der Waals surface area contributed by atoms with E-state index in [0.29, 0.717) is 5.25 Å². The Balaban J connectivity index is 0. The van der Waals surface area contributed by atoms with Gasteiger partial charge < -0.3 is 9.46 Å². The molecule has 0 aliphatic carbocycles. The van der Waals surface area contributed by atoms with E-state index in [9.17, 15) is 9.46 Å². The van der Waals surface area contributed by atoms with Crippen LogP contribution in [0.25, 0.3) is 0 Å². The maximum Gasteiger partial charge on any atom is 1.00 e. The first-order valence-electron chi connectivity index (χ1n) is 3.13. The Morgan fingerprint density at radius 2 is 2.00 bits per heavy atom. The van der Waals surface area contributed by atoms with Crippen LogP contribution in [0, 0.1) is 0 Å². The normalized spacial score (nSPS) is 15.7. The second-order valence-electron chi connectivity index (χ2n) is 2.15. The van der Waals surface area contributed by atoms with Crippen LogP contribution in [-0.2, 0) is 4.57 Å². The monoisotopic (exact) mass is 238 g/mol. The molecular weight excluding hydrogens is 226 g/mol. The van der Waals surface area contributed by atoms with Crippen LogP contribution in [0.3, 0.4) is 0 Å². The molecule has 62 valence electrons. The van der Waals surface area contributed by atoms with E-state index in [1.165, 1.54) is 10.8 Å². The maximum absolute atomic E-state index is 10.9. The van der Waals surface area contributed by atoms with E-state index in [-0.39, 0.29) is 57.5 Å². The molecule has 0 aromatic heterocycles. The zero-order valence-electron chi connectivity index (χ0n) is 7.36. The van der Waals surface area contributed by atoms with Crippen LogP contribution in [0.15, 0.2) is 0 Å². The van der Waals surface area contributed by atoms with Gasteiger partial charge in [0.25, 0.3) is 0 Å². The van der Waals surface area contributed by atoms with Crippen LogP contribution in [-0.4, -0.2) is 11.4 Å². The molecule has 0 heterocycles. The van der Waals surface area contributed by atoms with Gasteiger partial charge in [-0.3, -0.25) is 0 Å². The summed E-state index contributed by atoms with van der Waals surface area (Å²) in [7, 11) is 2.41. The van der Waals surface area contributed by atoms with Gasteiger partial charge in [-0.25, -0.2) is 0 Å². The fourth-order valence-electron chi connectivity index (χ4n) is 0.204. The van der Waals surface area contributed by atoms with Crippen molar-refractivity contribution in [1.82, 2.24) is 0 Å². The van der Waals surface area contributed by atoms with E-state index in [4.69, 9.17) is 0 Å². The maximum atomic E-state index is 10.9. The third kappa shape index (κ3) is 10.4. The van der Waals surface area contributed by atoms with Crippen molar-refractivity contribution in [3.05, 3.63) is 0 Å². The van der Waals surface area contributed by atoms with Gasteiger partial charge >= 0.3 is 51.4 Å². The van der Waals surface area contributed by atoms with Crippen LogP contribution in [0.4, 0.5) is 0 Å². The fourth-order valence-corrected chi connectivity index (χ4v) is 5.52. The van der Waals surface area contributed by atoms with E-state index in [1.807, 2.05) is 13.8 Å². The average molecular weight is 238 g/mol. The minimum atomic E-state index is -3.10. The zero-order valence-corrected chi connectivity index (χ0v) is 13.0. The van der Waals surface area contributed by atoms with Gasteiger partial charge in [0.1, 0.15) is 0 Å². The van der Waals surface area contributed by atoms with Gasteiger partial charge in [0, 0.05) is 5.25 Å². The molecule has 0 saturated heterocycles. The molecule has 11 heavy (non-hydrogen) atoms. The van der Waals surface area contributed by atoms with E-state index in [0.717, 1.165) is 10.4 Å². The van der Waals surface area contributed by atoms with Crippen LogP contribution < -0.4 is 56.3 Å². The Morgan fingerprint density at radius 1 is 1.55 bits per heavy atom. The average Bonchev–Trinajstić information content (AvgIpc) is 1.85. The molecule has 0 aliphatic rings. The Kier molecular flexibility index (Phi) is 11.5. The summed E-state index contributed by atoms with van der Waals surface area (Å²) >= 11 is 0. The molecule has 0 saturated carbocycles. The molecule has 0 radical (unpaired) electrons. The third-order valence-electron chi connectivity index (χ3n) is 0.736. The second kappa shape index (κ2) is 7.89. The van der Waals surface area contributed by atoms with E-state index < -0.39 is 6.57 Å². The first-order chi connectivity index (χ1) is 4.48. The van der Waals surface area contributed by atoms with Gasteiger partial charge in [0.15, 0.2) is 0 Å². The van der Waals surface area contributed by atoms with Crippen molar-refractivity contribution in [1.29, 1.82) is 0 Å². The van der Waals surface area contributed by atoms with Crippen molar-refractivity contribution in [2.75, 3.05) is 6.16 Å². The Labute approximate surface area is 119 Å². The summed E-state index contributed by atoms with van der Waals surface area (Å²) in [4.78, 5) is 10.9. The molecule has 0 aromatic rings. The standard InChI is InChI=1S/C5H13O2PS2.K/c1-4-8(6,7)10-9-5(2)3;/h5H,4H2,1-3H3,(H,6,7);/q;+1/p-1. The van der Waals surface area contributed by atoms with Crippen molar-refractivity contribution >= 4 is 27.8 Å². The van der Waals surface area contributed by atoms with E-state index in [1.54, 1.807) is 6.92 Å². The quantitative estimate of drug-likeness (QED) is 0.371. The Hall–Kier alpha value is 2.53. The van der Waals surface area contributed by atoms with Gasteiger partial charge in [-0.15, -0.1) is 0 Å². The van der Waals surface area contributed by atoms with Crippen LogP contribution in [0.5, 0.6) is 0 Å². The summed E-state index contributed by atoms with van der Waals surface area (Å²) in [6.45, 7) is 2.53. The number of hydrogen-bond donors (Lipinski definition) is 0. The van der Waals surface area contributed by atoms with Crippen LogP contribution >= 0.6 is 27.8 Å². The first-order valence-corrected chi connectivity index (χ1v) is 7.76. The summed E-state index contributed by atoms with van der Waals surface area (Å²) < 4.78 is 10.9. The number of hydrogen-bond acceptors (Lipinski definition) is 4. The molecule has 6 heteroatoms. The van der Waals surface area contributed by atoms with Crippen molar-refractivity contribution in [2.45, 2.75) is 26.0 Å². The molecule has 1 unspecified atom stereocenters. The first kappa shape index (κ1) is 16.0. The summed E-state index contributed by atoms with van der Waals surface area (Å²) in [5.74, 6) is 0. The SMILES string of the molecule is CCP(=O)([O-])SSC(C)C.[K+]. The molecule has 0 aliphatic heterocycles. The predicted octanol–water partition coefficient (Wildman–Crippen LogP) is -0.647. The summed E-state index contributed by atoms with van der Waals surface area (Å²) in [5, 5.41) is 0.374. The summed E-state index contributed by atoms with van der Waals surface area (Å²) in [6.07, 6.45) is 0.247. The van der Waals surface area contributed by atoms with Gasteiger partial charge in [0.05, 0.1) is 6.57 Å². The van der Waals surface area contributed by atoms with E-state index >= 15 is 0 Å². The zero-order chi connectivity index (χ0) is 8.20. The number of rotatable bonds is 4. The van der Waals surface area contributed by atoms with Crippen molar-refractivity contribution in [2.24, 2.45) is 0 Å². The van der Waals surface area contributed by atoms with Crippen LogP contribution in [0.1, 0.15) is 20.8 Å². The topological polar surface area (TPSA) is 40.1 Å². The van der Waals surface area contributed by atoms with Gasteiger partial charge in [-0.05, 0) is 16.6 Å². The van der Waals surface area contributed by atoms with E-state index in [2.05, 4.69) is 0 Å². The molecule has 1 atom stereocenters. The predicted molar refractivity (Wildman–Crippen MR) is 48.5 cm³/mol. The minimum absolute atomic E-state index is 0. The van der Waals surface area contributed by atoms with Crippen molar-refractivity contribution < 1.29 is 60.8 Å². The second-order valence-corrected chi connectivity index (χ2v) is 9.32. The molecule has 0 rings (SSSR count). The summed E-state index contributed by atoms with van der Waals surface area (Å²) in [5.41, 5.74) is 0. The molecule has 2 nitrogen and oxygen atoms in total. The molecule has 0 amide bonds. The van der Waals surface area contributed by atoms with Crippen molar-refractivity contribution in [3.8, 4) is 0 Å².